The molecule has 1 aromatic carbocycles. The third kappa shape index (κ3) is 6.89. The Labute approximate surface area is 203 Å². The van der Waals surface area contributed by atoms with Crippen LogP contribution in [0.5, 0.6) is 17.2 Å². The highest BCUT2D eigenvalue weighted by Crippen LogP contribution is 2.40. The molecule has 34 heavy (non-hydrogen) atoms. The van der Waals surface area contributed by atoms with Gasteiger partial charge >= 0.3 is 0 Å². The van der Waals surface area contributed by atoms with Gasteiger partial charge in [0.2, 0.25) is 17.6 Å². The Morgan fingerprint density at radius 2 is 1.62 bits per heavy atom. The number of thioether (sulfide) groups is 1. The predicted octanol–water partition coefficient (Wildman–Crippen LogP) is 2.42. The summed E-state index contributed by atoms with van der Waals surface area (Å²) >= 11 is 0.817. The fraction of sp³-hybridized carbons (Fsp3) is 0.478. The van der Waals surface area contributed by atoms with Gasteiger partial charge in [-0.2, -0.15) is 0 Å². The van der Waals surface area contributed by atoms with Crippen LogP contribution < -0.4 is 24.8 Å². The molecule has 0 atom stereocenters. The largest absolute Gasteiger partial charge is 0.493 e. The average molecular weight is 494 g/mol. The lowest BCUT2D eigenvalue weighted by Crippen LogP contribution is -2.39. The van der Waals surface area contributed by atoms with E-state index in [1.165, 1.54) is 21.3 Å². The number of imide groups is 1. The minimum absolute atomic E-state index is 0.0390. The number of carbonyl (C=O) groups is 4. The van der Waals surface area contributed by atoms with Crippen molar-refractivity contribution in [1.82, 2.24) is 15.5 Å². The maximum Gasteiger partial charge on any atom is 0.293 e. The van der Waals surface area contributed by atoms with Gasteiger partial charge in [0.1, 0.15) is 0 Å². The van der Waals surface area contributed by atoms with Crippen LogP contribution in [0.1, 0.15) is 32.8 Å². The number of ether oxygens (including phenoxy) is 3. The van der Waals surface area contributed by atoms with Crippen molar-refractivity contribution in [2.75, 3.05) is 41.0 Å². The van der Waals surface area contributed by atoms with E-state index in [0.29, 0.717) is 22.8 Å². The number of amides is 4. The predicted molar refractivity (Wildman–Crippen MR) is 129 cm³/mol. The second-order valence-corrected chi connectivity index (χ2v) is 9.39. The molecule has 0 radical (unpaired) electrons. The zero-order valence-corrected chi connectivity index (χ0v) is 21.1. The first-order valence-corrected chi connectivity index (χ1v) is 11.4. The van der Waals surface area contributed by atoms with Gasteiger partial charge < -0.3 is 24.8 Å². The lowest BCUT2D eigenvalue weighted by Gasteiger charge is -2.17. The summed E-state index contributed by atoms with van der Waals surface area (Å²) in [7, 11) is 4.47. The molecule has 1 aliphatic heterocycles. The quantitative estimate of drug-likeness (QED) is 0.477. The maximum atomic E-state index is 12.7. The number of hydrogen-bond acceptors (Lipinski definition) is 8. The second kappa shape index (κ2) is 11.8. The van der Waals surface area contributed by atoms with Crippen molar-refractivity contribution < 1.29 is 33.4 Å². The molecular formula is C23H31N3O7S. The fourth-order valence-electron chi connectivity index (χ4n) is 2.98. The summed E-state index contributed by atoms with van der Waals surface area (Å²) in [6.45, 7) is 5.72. The van der Waals surface area contributed by atoms with Gasteiger partial charge in [-0.25, -0.2) is 0 Å². The second-order valence-electron chi connectivity index (χ2n) is 8.40. The van der Waals surface area contributed by atoms with E-state index >= 15 is 0 Å². The molecule has 4 amide bonds. The molecule has 1 heterocycles. The fourth-order valence-corrected chi connectivity index (χ4v) is 3.84. The van der Waals surface area contributed by atoms with E-state index in [4.69, 9.17) is 14.2 Å². The summed E-state index contributed by atoms with van der Waals surface area (Å²) in [5.41, 5.74) is 0.0726. The Balaban J connectivity index is 1.94. The molecule has 1 aliphatic rings. The number of nitrogens with one attached hydrogen (secondary N) is 2. The first kappa shape index (κ1) is 27.0. The molecule has 10 nitrogen and oxygen atoms in total. The lowest BCUT2D eigenvalue weighted by atomic mass is 9.96. The van der Waals surface area contributed by atoms with Crippen molar-refractivity contribution >= 4 is 40.8 Å². The monoisotopic (exact) mass is 493 g/mol. The van der Waals surface area contributed by atoms with Crippen molar-refractivity contribution in [3.05, 3.63) is 22.6 Å². The van der Waals surface area contributed by atoms with E-state index in [1.54, 1.807) is 39.0 Å². The van der Waals surface area contributed by atoms with E-state index in [-0.39, 0.29) is 42.8 Å². The average Bonchev–Trinajstić information content (AvgIpc) is 3.04. The highest BCUT2D eigenvalue weighted by atomic mass is 32.2. The Morgan fingerprint density at radius 1 is 1.00 bits per heavy atom. The summed E-state index contributed by atoms with van der Waals surface area (Å²) in [6, 6.07) is 3.35. The molecule has 0 spiro atoms. The Kier molecular flexibility index (Phi) is 9.36. The zero-order valence-electron chi connectivity index (χ0n) is 20.3. The summed E-state index contributed by atoms with van der Waals surface area (Å²) in [5, 5.41) is 4.93. The first-order chi connectivity index (χ1) is 16.0. The Hall–Kier alpha value is -3.21. The van der Waals surface area contributed by atoms with E-state index in [9.17, 15) is 19.2 Å². The van der Waals surface area contributed by atoms with E-state index in [0.717, 1.165) is 16.7 Å². The Bertz CT molecular complexity index is 960. The van der Waals surface area contributed by atoms with Crippen LogP contribution in [0.3, 0.4) is 0 Å². The topological polar surface area (TPSA) is 123 Å². The van der Waals surface area contributed by atoms with Gasteiger partial charge in [0.15, 0.2) is 11.5 Å². The SMILES string of the molecule is COc1cc(/C=C2/SC(=O)N(CCNC(=O)CCNC(=O)C(C)(C)C)C2=O)cc(OC)c1OC. The lowest BCUT2D eigenvalue weighted by molar-refractivity contribution is -0.129. The van der Waals surface area contributed by atoms with Gasteiger partial charge in [-0.1, -0.05) is 20.8 Å². The summed E-state index contributed by atoms with van der Waals surface area (Å²) in [6.07, 6.45) is 1.68. The molecule has 0 aromatic heterocycles. The minimum atomic E-state index is -0.530. The van der Waals surface area contributed by atoms with Crippen molar-refractivity contribution in [3.63, 3.8) is 0 Å². The van der Waals surface area contributed by atoms with Gasteiger partial charge in [-0.3, -0.25) is 24.1 Å². The molecule has 186 valence electrons. The molecule has 0 bridgehead atoms. The number of benzene rings is 1. The van der Waals surface area contributed by atoms with Gasteiger partial charge in [0, 0.05) is 31.5 Å². The van der Waals surface area contributed by atoms with E-state index < -0.39 is 16.6 Å². The zero-order chi connectivity index (χ0) is 25.5. The van der Waals surface area contributed by atoms with Gasteiger partial charge in [0.05, 0.1) is 26.2 Å². The molecular weight excluding hydrogens is 462 g/mol. The van der Waals surface area contributed by atoms with Crippen molar-refractivity contribution in [2.24, 2.45) is 5.41 Å². The van der Waals surface area contributed by atoms with Crippen LogP contribution >= 0.6 is 11.8 Å². The van der Waals surface area contributed by atoms with Crippen LogP contribution in [0, 0.1) is 5.41 Å². The molecule has 1 fully saturated rings. The third-order valence-electron chi connectivity index (χ3n) is 4.83. The van der Waals surface area contributed by atoms with Gasteiger partial charge in [0.25, 0.3) is 11.1 Å². The normalized spacial score (nSPS) is 14.9. The van der Waals surface area contributed by atoms with Crippen LogP contribution in [0.15, 0.2) is 17.0 Å². The Morgan fingerprint density at radius 3 is 2.15 bits per heavy atom. The molecule has 2 N–H and O–H groups in total. The highest BCUT2D eigenvalue weighted by Gasteiger charge is 2.34. The standard InChI is InChI=1S/C23H31N3O7S/c1-23(2,3)21(29)25-8-7-18(27)24-9-10-26-20(28)17(34-22(26)30)13-14-11-15(31-4)19(33-6)16(12-14)32-5/h11-13H,7-10H2,1-6H3,(H,24,27)(H,25,29)/b17-13+. The number of carbonyl (C=O) groups excluding carboxylic acids is 4. The first-order valence-electron chi connectivity index (χ1n) is 10.6. The van der Waals surface area contributed by atoms with E-state index in [1.807, 2.05) is 0 Å². The van der Waals surface area contributed by atoms with E-state index in [2.05, 4.69) is 10.6 Å². The summed E-state index contributed by atoms with van der Waals surface area (Å²) in [4.78, 5) is 50.2. The number of nitrogens with zero attached hydrogens (tertiary/aromatic N) is 1. The number of hydrogen-bond donors (Lipinski definition) is 2. The van der Waals surface area contributed by atoms with Crippen molar-refractivity contribution in [3.8, 4) is 17.2 Å². The molecule has 0 saturated carbocycles. The minimum Gasteiger partial charge on any atom is -0.493 e. The molecule has 2 rings (SSSR count). The van der Waals surface area contributed by atoms with Crippen LogP contribution in [-0.4, -0.2) is 68.8 Å². The number of rotatable bonds is 10. The molecule has 1 saturated heterocycles. The number of methoxy groups -OCH3 is 3. The van der Waals surface area contributed by atoms with Crippen LogP contribution in [0.2, 0.25) is 0 Å². The summed E-state index contributed by atoms with van der Waals surface area (Å²) in [5.74, 6) is 0.396. The van der Waals surface area contributed by atoms with Gasteiger partial charge in [-0.05, 0) is 35.5 Å². The van der Waals surface area contributed by atoms with Crippen LogP contribution in [0.25, 0.3) is 6.08 Å². The van der Waals surface area contributed by atoms with Crippen LogP contribution in [0.4, 0.5) is 4.79 Å². The smallest absolute Gasteiger partial charge is 0.293 e. The van der Waals surface area contributed by atoms with Crippen molar-refractivity contribution in [2.45, 2.75) is 27.2 Å². The molecule has 0 unspecified atom stereocenters. The molecule has 11 heteroatoms. The molecule has 1 aromatic rings. The molecule has 0 aliphatic carbocycles. The van der Waals surface area contributed by atoms with Crippen molar-refractivity contribution in [1.29, 1.82) is 0 Å². The maximum absolute atomic E-state index is 12.7. The highest BCUT2D eigenvalue weighted by molar-refractivity contribution is 8.18. The summed E-state index contributed by atoms with van der Waals surface area (Å²) < 4.78 is 15.9. The third-order valence-corrected chi connectivity index (χ3v) is 5.74. The van der Waals surface area contributed by atoms with Gasteiger partial charge in [-0.15, -0.1) is 0 Å². The van der Waals surface area contributed by atoms with Crippen LogP contribution in [-0.2, 0) is 14.4 Å².